The molecule has 0 radical (unpaired) electrons. The Morgan fingerprint density at radius 2 is 2.03 bits per heavy atom. The van der Waals surface area contributed by atoms with Crippen molar-refractivity contribution in [3.63, 3.8) is 0 Å². The Bertz CT molecular complexity index is 1420. The SMILES string of the molecule is Cc1cn(CC2CC(c3ccc(-c4ccc(N5CC(CN=C(N)/C=C\O)OC5=O)cc4F)cc3)=NO2)nn1. The fourth-order valence-corrected chi connectivity index (χ4v) is 4.30. The average molecular weight is 520 g/mol. The van der Waals surface area contributed by atoms with Crippen molar-refractivity contribution >= 4 is 23.3 Å². The Morgan fingerprint density at radius 3 is 2.74 bits per heavy atom. The maximum Gasteiger partial charge on any atom is 0.414 e. The topological polar surface area (TPSA) is 140 Å². The van der Waals surface area contributed by atoms with Gasteiger partial charge in [0.15, 0.2) is 6.10 Å². The van der Waals surface area contributed by atoms with Gasteiger partial charge >= 0.3 is 6.09 Å². The number of cyclic esters (lactones) is 1. The maximum absolute atomic E-state index is 15.1. The van der Waals surface area contributed by atoms with Crippen LogP contribution in [-0.2, 0) is 16.1 Å². The fraction of sp³-hybridized carbons (Fsp3) is 0.269. The molecule has 1 aromatic heterocycles. The molecule has 11 nitrogen and oxygen atoms in total. The number of anilines is 1. The molecule has 196 valence electrons. The van der Waals surface area contributed by atoms with Crippen LogP contribution >= 0.6 is 0 Å². The molecule has 0 spiro atoms. The molecule has 3 heterocycles. The van der Waals surface area contributed by atoms with Crippen LogP contribution in [0.4, 0.5) is 14.9 Å². The molecule has 2 unspecified atom stereocenters. The summed E-state index contributed by atoms with van der Waals surface area (Å²) in [6, 6.07) is 12.0. The third-order valence-corrected chi connectivity index (χ3v) is 6.17. The molecule has 5 rings (SSSR count). The number of aromatic nitrogens is 3. The van der Waals surface area contributed by atoms with Gasteiger partial charge in [-0.1, -0.05) is 34.6 Å². The van der Waals surface area contributed by atoms with Crippen molar-refractivity contribution in [2.45, 2.75) is 32.1 Å². The van der Waals surface area contributed by atoms with Crippen LogP contribution in [0.25, 0.3) is 11.1 Å². The summed E-state index contributed by atoms with van der Waals surface area (Å²) in [6.45, 7) is 2.76. The van der Waals surface area contributed by atoms with Crippen LogP contribution in [0.2, 0.25) is 0 Å². The molecule has 0 bridgehead atoms. The van der Waals surface area contributed by atoms with Gasteiger partial charge in [0.05, 0.1) is 43.0 Å². The lowest BCUT2D eigenvalue weighted by Gasteiger charge is -2.14. The Morgan fingerprint density at radius 1 is 1.24 bits per heavy atom. The number of aliphatic imine (C=N–C) groups is 1. The number of rotatable bonds is 8. The highest BCUT2D eigenvalue weighted by Crippen LogP contribution is 2.30. The lowest BCUT2D eigenvalue weighted by atomic mass is 9.99. The number of nitrogens with zero attached hydrogens (tertiary/aromatic N) is 6. The minimum absolute atomic E-state index is 0.109. The summed E-state index contributed by atoms with van der Waals surface area (Å²) in [7, 11) is 0. The molecule has 38 heavy (non-hydrogen) atoms. The van der Waals surface area contributed by atoms with Crippen LogP contribution in [0.1, 0.15) is 17.7 Å². The molecule has 1 saturated heterocycles. The summed E-state index contributed by atoms with van der Waals surface area (Å²) in [5.41, 5.74) is 9.62. The number of halogens is 1. The van der Waals surface area contributed by atoms with E-state index in [1.165, 1.54) is 17.0 Å². The van der Waals surface area contributed by atoms with E-state index in [1.807, 2.05) is 37.4 Å². The number of aliphatic hydroxyl groups excluding tert-OH is 1. The Labute approximate surface area is 217 Å². The molecule has 0 saturated carbocycles. The van der Waals surface area contributed by atoms with Crippen LogP contribution in [0.3, 0.4) is 0 Å². The molecule has 1 amide bonds. The van der Waals surface area contributed by atoms with Crippen LogP contribution in [0.15, 0.2) is 71.1 Å². The van der Waals surface area contributed by atoms with Crippen LogP contribution in [0, 0.1) is 12.7 Å². The number of carbonyl (C=O) groups is 1. The maximum atomic E-state index is 15.1. The van der Waals surface area contributed by atoms with E-state index in [4.69, 9.17) is 20.4 Å². The molecule has 3 N–H and O–H groups in total. The van der Waals surface area contributed by atoms with Crippen LogP contribution < -0.4 is 10.6 Å². The van der Waals surface area contributed by atoms with Crippen molar-refractivity contribution < 1.29 is 23.9 Å². The lowest BCUT2D eigenvalue weighted by Crippen LogP contribution is -2.25. The highest BCUT2D eigenvalue weighted by molar-refractivity contribution is 6.01. The van der Waals surface area contributed by atoms with Gasteiger partial charge in [-0.2, -0.15) is 0 Å². The number of ether oxygens (including phenoxy) is 1. The van der Waals surface area contributed by atoms with E-state index in [1.54, 1.807) is 16.8 Å². The Balaban J connectivity index is 1.22. The predicted molar refractivity (Wildman–Crippen MR) is 138 cm³/mol. The predicted octanol–water partition coefficient (Wildman–Crippen LogP) is 3.34. The molecule has 1 fully saturated rings. The number of hydrogen-bond donors (Lipinski definition) is 2. The summed E-state index contributed by atoms with van der Waals surface area (Å²) in [4.78, 5) is 23.3. The van der Waals surface area contributed by atoms with Crippen LogP contribution in [0.5, 0.6) is 0 Å². The smallest absolute Gasteiger partial charge is 0.414 e. The molecular weight excluding hydrogens is 493 g/mol. The molecule has 12 heteroatoms. The molecule has 2 aliphatic rings. The zero-order valence-electron chi connectivity index (χ0n) is 20.6. The number of amidine groups is 1. The van der Waals surface area contributed by atoms with Gasteiger partial charge in [-0.3, -0.25) is 9.89 Å². The van der Waals surface area contributed by atoms with Gasteiger partial charge < -0.3 is 20.4 Å². The zero-order valence-corrected chi connectivity index (χ0v) is 20.6. The quantitative estimate of drug-likeness (QED) is 0.264. The lowest BCUT2D eigenvalue weighted by molar-refractivity contribution is 0.0693. The van der Waals surface area contributed by atoms with E-state index < -0.39 is 18.0 Å². The van der Waals surface area contributed by atoms with Gasteiger partial charge in [0.25, 0.3) is 0 Å². The summed E-state index contributed by atoms with van der Waals surface area (Å²) in [5, 5.41) is 21.0. The van der Waals surface area contributed by atoms with Crippen molar-refractivity contribution in [1.29, 1.82) is 0 Å². The van der Waals surface area contributed by atoms with Gasteiger partial charge in [0, 0.05) is 24.3 Å². The van der Waals surface area contributed by atoms with Crippen molar-refractivity contribution in [3.8, 4) is 11.1 Å². The van der Waals surface area contributed by atoms with E-state index in [0.717, 1.165) is 23.2 Å². The van der Waals surface area contributed by atoms with Gasteiger partial charge in [-0.25, -0.2) is 13.9 Å². The molecule has 0 aliphatic carbocycles. The summed E-state index contributed by atoms with van der Waals surface area (Å²) in [6.07, 6.45) is 3.23. The highest BCUT2D eigenvalue weighted by atomic mass is 19.1. The first kappa shape index (κ1) is 24.9. The average Bonchev–Trinajstić information content (AvgIpc) is 3.63. The Kier molecular flexibility index (Phi) is 7.03. The molecular formula is C26H26FN7O4. The molecule has 2 aromatic carbocycles. The number of nitrogens with two attached hydrogens (primary N) is 1. The van der Waals surface area contributed by atoms with E-state index in [9.17, 15) is 4.79 Å². The largest absolute Gasteiger partial charge is 0.515 e. The third kappa shape index (κ3) is 5.48. The first-order chi connectivity index (χ1) is 18.4. The van der Waals surface area contributed by atoms with Crippen molar-refractivity contribution in [1.82, 2.24) is 15.0 Å². The number of carbonyl (C=O) groups excluding carboxylic acids is 1. The summed E-state index contributed by atoms with van der Waals surface area (Å²) < 4.78 is 22.1. The standard InChI is InChI=1S/C26H26FN7O4/c1-16-13-33(32-30-16)14-20-11-24(31-38-20)18-4-2-17(3-5-18)22-7-6-19(10-23(22)27)34-15-21(37-26(34)36)12-29-25(28)8-9-35/h2-10,13,20-21,35H,11-12,14-15H2,1H3,(H2,28,29)/b9-8-. The number of oxime groups is 1. The summed E-state index contributed by atoms with van der Waals surface area (Å²) in [5.74, 6) is -0.357. The Hall–Kier alpha value is -4.74. The van der Waals surface area contributed by atoms with E-state index in [2.05, 4.69) is 20.5 Å². The van der Waals surface area contributed by atoms with Crippen molar-refractivity contribution in [3.05, 3.63) is 78.1 Å². The molecule has 2 atom stereocenters. The first-order valence-corrected chi connectivity index (χ1v) is 12.0. The number of amides is 1. The molecule has 3 aromatic rings. The van der Waals surface area contributed by atoms with E-state index in [-0.39, 0.29) is 25.0 Å². The number of hydrogen-bond acceptors (Lipinski definition) is 8. The van der Waals surface area contributed by atoms with Gasteiger partial charge in [-0.05, 0) is 36.2 Å². The van der Waals surface area contributed by atoms with Crippen molar-refractivity contribution in [2.24, 2.45) is 15.9 Å². The number of aryl methyl sites for hydroxylation is 1. The van der Waals surface area contributed by atoms with Crippen LogP contribution in [-0.4, -0.2) is 63.0 Å². The van der Waals surface area contributed by atoms with E-state index >= 15 is 4.39 Å². The first-order valence-electron chi connectivity index (χ1n) is 12.0. The second-order valence-corrected chi connectivity index (χ2v) is 8.99. The summed E-state index contributed by atoms with van der Waals surface area (Å²) >= 11 is 0. The normalized spacial score (nSPS) is 19.6. The van der Waals surface area contributed by atoms with Gasteiger partial charge in [0.2, 0.25) is 0 Å². The number of benzene rings is 2. The number of aliphatic hydroxyl groups is 1. The fourth-order valence-electron chi connectivity index (χ4n) is 4.30. The monoisotopic (exact) mass is 519 g/mol. The highest BCUT2D eigenvalue weighted by Gasteiger charge is 2.32. The minimum atomic E-state index is -0.588. The third-order valence-electron chi connectivity index (χ3n) is 6.17. The minimum Gasteiger partial charge on any atom is -0.515 e. The van der Waals surface area contributed by atoms with Crippen molar-refractivity contribution in [2.75, 3.05) is 18.0 Å². The molecule has 2 aliphatic heterocycles. The second kappa shape index (κ2) is 10.7. The second-order valence-electron chi connectivity index (χ2n) is 8.99. The van der Waals surface area contributed by atoms with Gasteiger partial charge in [0.1, 0.15) is 17.8 Å². The van der Waals surface area contributed by atoms with Gasteiger partial charge in [-0.15, -0.1) is 5.10 Å². The zero-order chi connectivity index (χ0) is 26.6. The van der Waals surface area contributed by atoms with E-state index in [0.29, 0.717) is 29.8 Å².